The highest BCUT2D eigenvalue weighted by atomic mass is 32.2. The van der Waals surface area contributed by atoms with Crippen LogP contribution in [-0.4, -0.2) is 26.0 Å². The predicted molar refractivity (Wildman–Crippen MR) is 67.3 cm³/mol. The molecule has 4 N–H and O–H groups in total. The fourth-order valence-corrected chi connectivity index (χ4v) is 3.62. The monoisotopic (exact) mass is 321 g/mol. The number of carbonyl (C=O) groups is 1. The van der Waals surface area contributed by atoms with Gasteiger partial charge in [0.05, 0.1) is 21.8 Å². The SMILES string of the molecule is NC(N)=NC(=O)c1cc2c(cc1C(F)(F)F)CCS2(=O)=O. The fourth-order valence-electron chi connectivity index (χ4n) is 2.05. The molecule has 1 amide bonds. The van der Waals surface area contributed by atoms with Gasteiger partial charge in [-0.2, -0.15) is 18.2 Å². The lowest BCUT2D eigenvalue weighted by molar-refractivity contribution is -0.138. The van der Waals surface area contributed by atoms with Crippen LogP contribution in [0.1, 0.15) is 21.5 Å². The summed E-state index contributed by atoms with van der Waals surface area (Å²) in [5.41, 5.74) is 7.81. The number of benzene rings is 1. The minimum atomic E-state index is -4.83. The van der Waals surface area contributed by atoms with Crippen molar-refractivity contribution < 1.29 is 26.4 Å². The maximum Gasteiger partial charge on any atom is 0.417 e. The molecule has 0 radical (unpaired) electrons. The van der Waals surface area contributed by atoms with Crippen molar-refractivity contribution in [2.45, 2.75) is 17.5 Å². The number of aryl methyl sites for hydroxylation is 1. The third-order valence-corrected chi connectivity index (χ3v) is 4.73. The molecule has 0 saturated heterocycles. The van der Waals surface area contributed by atoms with Crippen molar-refractivity contribution >= 4 is 21.7 Å². The Balaban J connectivity index is 2.73. The van der Waals surface area contributed by atoms with Crippen molar-refractivity contribution in [1.29, 1.82) is 0 Å². The zero-order valence-electron chi connectivity index (χ0n) is 10.4. The van der Waals surface area contributed by atoms with E-state index in [2.05, 4.69) is 4.99 Å². The number of nitrogens with zero attached hydrogens (tertiary/aromatic N) is 1. The van der Waals surface area contributed by atoms with E-state index in [1.54, 1.807) is 0 Å². The molecule has 1 aromatic rings. The van der Waals surface area contributed by atoms with E-state index in [4.69, 9.17) is 11.5 Å². The summed E-state index contributed by atoms with van der Waals surface area (Å²) in [7, 11) is -3.68. The summed E-state index contributed by atoms with van der Waals surface area (Å²) >= 11 is 0. The van der Waals surface area contributed by atoms with Crippen molar-refractivity contribution in [3.63, 3.8) is 0 Å². The molecule has 0 aliphatic carbocycles. The fraction of sp³-hybridized carbons (Fsp3) is 0.273. The Kier molecular flexibility index (Phi) is 3.44. The van der Waals surface area contributed by atoms with Gasteiger partial charge in [0.2, 0.25) is 0 Å². The van der Waals surface area contributed by atoms with Gasteiger partial charge in [-0.25, -0.2) is 8.42 Å². The molecule has 0 atom stereocenters. The first-order chi connectivity index (χ1) is 9.52. The molecule has 10 heteroatoms. The van der Waals surface area contributed by atoms with Crippen LogP contribution in [0, 0.1) is 0 Å². The van der Waals surface area contributed by atoms with Gasteiger partial charge in [0.1, 0.15) is 0 Å². The van der Waals surface area contributed by atoms with E-state index in [0.717, 1.165) is 0 Å². The van der Waals surface area contributed by atoms with Crippen molar-refractivity contribution in [2.24, 2.45) is 16.5 Å². The first-order valence-electron chi connectivity index (χ1n) is 5.63. The topological polar surface area (TPSA) is 116 Å². The number of sulfone groups is 1. The van der Waals surface area contributed by atoms with E-state index in [1.165, 1.54) is 0 Å². The van der Waals surface area contributed by atoms with Crippen LogP contribution in [0.15, 0.2) is 22.0 Å². The molecule has 0 spiro atoms. The van der Waals surface area contributed by atoms with Gasteiger partial charge < -0.3 is 11.5 Å². The summed E-state index contributed by atoms with van der Waals surface area (Å²) in [5, 5.41) is 0. The van der Waals surface area contributed by atoms with Gasteiger partial charge in [-0.05, 0) is 24.1 Å². The molecule has 1 aromatic carbocycles. The number of nitrogens with two attached hydrogens (primary N) is 2. The highest BCUT2D eigenvalue weighted by molar-refractivity contribution is 7.91. The van der Waals surface area contributed by atoms with Gasteiger partial charge in [-0.3, -0.25) is 4.79 Å². The molecular weight excluding hydrogens is 311 g/mol. The summed E-state index contributed by atoms with van der Waals surface area (Å²) in [5.74, 6) is -2.34. The second-order valence-corrected chi connectivity index (χ2v) is 6.49. The van der Waals surface area contributed by atoms with Crippen molar-refractivity contribution in [3.8, 4) is 0 Å². The number of amides is 1. The van der Waals surface area contributed by atoms with Crippen LogP contribution >= 0.6 is 0 Å². The van der Waals surface area contributed by atoms with Gasteiger partial charge in [0, 0.05) is 0 Å². The molecule has 21 heavy (non-hydrogen) atoms. The van der Waals surface area contributed by atoms with E-state index in [1.807, 2.05) is 0 Å². The summed E-state index contributed by atoms with van der Waals surface area (Å²) in [6.07, 6.45) is -4.86. The third kappa shape index (κ3) is 2.84. The summed E-state index contributed by atoms with van der Waals surface area (Å²) in [6.45, 7) is 0. The van der Waals surface area contributed by atoms with Crippen LogP contribution in [-0.2, 0) is 22.4 Å². The lowest BCUT2D eigenvalue weighted by Gasteiger charge is -2.12. The minimum absolute atomic E-state index is 0.0302. The van der Waals surface area contributed by atoms with Crippen molar-refractivity contribution in [1.82, 2.24) is 0 Å². The van der Waals surface area contributed by atoms with Crippen LogP contribution in [0.4, 0.5) is 13.2 Å². The number of carbonyl (C=O) groups excluding carboxylic acids is 1. The lowest BCUT2D eigenvalue weighted by atomic mass is 10.0. The largest absolute Gasteiger partial charge is 0.417 e. The van der Waals surface area contributed by atoms with E-state index in [0.29, 0.717) is 12.1 Å². The molecule has 2 rings (SSSR count). The van der Waals surface area contributed by atoms with E-state index in [-0.39, 0.29) is 22.6 Å². The van der Waals surface area contributed by atoms with Gasteiger partial charge >= 0.3 is 6.18 Å². The maximum atomic E-state index is 13.0. The number of halogens is 3. The first-order valence-corrected chi connectivity index (χ1v) is 7.28. The number of fused-ring (bicyclic) bond motifs is 1. The van der Waals surface area contributed by atoms with Crippen LogP contribution in [0.5, 0.6) is 0 Å². The van der Waals surface area contributed by atoms with Gasteiger partial charge in [-0.15, -0.1) is 0 Å². The smallest absolute Gasteiger partial charge is 0.370 e. The highest BCUT2D eigenvalue weighted by Gasteiger charge is 2.39. The lowest BCUT2D eigenvalue weighted by Crippen LogP contribution is -2.25. The van der Waals surface area contributed by atoms with Crippen LogP contribution in [0.2, 0.25) is 0 Å². The Hall–Kier alpha value is -2.10. The van der Waals surface area contributed by atoms with Crippen molar-refractivity contribution in [3.05, 3.63) is 28.8 Å². The molecule has 114 valence electrons. The third-order valence-electron chi connectivity index (χ3n) is 2.94. The number of alkyl halides is 3. The molecule has 1 aliphatic rings. The number of hydrogen-bond donors (Lipinski definition) is 2. The van der Waals surface area contributed by atoms with E-state index in [9.17, 15) is 26.4 Å². The number of guanidine groups is 1. The molecule has 0 fully saturated rings. The van der Waals surface area contributed by atoms with Crippen molar-refractivity contribution in [2.75, 3.05) is 5.75 Å². The summed E-state index contributed by atoms with van der Waals surface area (Å²) < 4.78 is 62.5. The number of rotatable bonds is 1. The van der Waals surface area contributed by atoms with Gasteiger partial charge in [0.15, 0.2) is 15.8 Å². The average Bonchev–Trinajstić information content (AvgIpc) is 2.62. The predicted octanol–water partition coefficient (Wildman–Crippen LogP) is 0.449. The van der Waals surface area contributed by atoms with Gasteiger partial charge in [-0.1, -0.05) is 0 Å². The Bertz CT molecular complexity index is 750. The molecule has 0 bridgehead atoms. The Morgan fingerprint density at radius 2 is 1.86 bits per heavy atom. The average molecular weight is 321 g/mol. The maximum absolute atomic E-state index is 13.0. The molecule has 1 aliphatic heterocycles. The van der Waals surface area contributed by atoms with Crippen LogP contribution in [0.25, 0.3) is 0 Å². The summed E-state index contributed by atoms with van der Waals surface area (Å²) in [4.78, 5) is 14.4. The Morgan fingerprint density at radius 1 is 1.24 bits per heavy atom. The van der Waals surface area contributed by atoms with E-state index >= 15 is 0 Å². The number of aliphatic imine (C=N–C) groups is 1. The second-order valence-electron chi connectivity index (χ2n) is 4.41. The van der Waals surface area contributed by atoms with E-state index < -0.39 is 39.0 Å². The van der Waals surface area contributed by atoms with Gasteiger partial charge in [0.25, 0.3) is 5.91 Å². The van der Waals surface area contributed by atoms with Crippen LogP contribution < -0.4 is 11.5 Å². The second kappa shape index (κ2) is 4.72. The standard InChI is InChI=1S/C11H10F3N3O3S/c12-11(13,14)7-3-5-1-2-21(19,20)8(5)4-6(7)9(18)17-10(15)16/h3-4H,1-2H2,(H4,15,16,17,18). The normalized spacial score (nSPS) is 16.3. The minimum Gasteiger partial charge on any atom is -0.370 e. The Labute approximate surface area is 117 Å². The number of hydrogen-bond acceptors (Lipinski definition) is 3. The van der Waals surface area contributed by atoms with Crippen LogP contribution in [0.3, 0.4) is 0 Å². The molecule has 0 unspecified atom stereocenters. The molecular formula is C11H10F3N3O3S. The first kappa shape index (κ1) is 15.3. The molecule has 0 saturated carbocycles. The molecule has 6 nitrogen and oxygen atoms in total. The highest BCUT2D eigenvalue weighted by Crippen LogP contribution is 2.37. The zero-order valence-corrected chi connectivity index (χ0v) is 11.3. The zero-order chi connectivity index (χ0) is 16.0. The molecule has 0 aromatic heterocycles. The quantitative estimate of drug-likeness (QED) is 0.575. The molecule has 1 heterocycles. The Morgan fingerprint density at radius 3 is 2.38 bits per heavy atom. The summed E-state index contributed by atoms with van der Waals surface area (Å²) in [6, 6.07) is 1.35.